The van der Waals surface area contributed by atoms with Gasteiger partial charge < -0.3 is 4.90 Å². The van der Waals surface area contributed by atoms with E-state index >= 15 is 0 Å². The third-order valence-corrected chi connectivity index (χ3v) is 1.97. The molecule has 0 aromatic rings. The molecule has 0 fully saturated rings. The first-order valence-electron chi connectivity index (χ1n) is 5.30. The Bertz CT molecular complexity index is 271. The minimum absolute atomic E-state index is 0.180. The summed E-state index contributed by atoms with van der Waals surface area (Å²) >= 11 is 0. The average Bonchev–Trinajstić information content (AvgIpc) is 2.00. The third-order valence-electron chi connectivity index (χ3n) is 1.97. The van der Waals surface area contributed by atoms with Gasteiger partial charge in [-0.05, 0) is 23.3 Å². The summed E-state index contributed by atoms with van der Waals surface area (Å²) in [4.78, 5) is 2.05. The van der Waals surface area contributed by atoms with E-state index in [1.807, 2.05) is 28.2 Å². The van der Waals surface area contributed by atoms with Crippen LogP contribution in [0.4, 0.5) is 0 Å². The molecule has 0 aromatic heterocycles. The number of rotatable bonds is 3. The first-order chi connectivity index (χ1) is 6.73. The van der Waals surface area contributed by atoms with Crippen LogP contribution in [0.25, 0.3) is 0 Å². The van der Waals surface area contributed by atoms with E-state index in [1.165, 1.54) is 5.57 Å². The second kappa shape index (κ2) is 5.74. The molecule has 0 heterocycles. The van der Waals surface area contributed by atoms with Crippen molar-refractivity contribution < 1.29 is 4.58 Å². The lowest BCUT2D eigenvalue weighted by Gasteiger charge is -2.20. The number of allylic oxidation sites excluding steroid dienone is 3. The SMILES string of the molecule is CN(C)/C=C/C(=C\C=[N+](C)C)C(C)(C)C. The van der Waals surface area contributed by atoms with Crippen LogP contribution in [0, 0.1) is 5.41 Å². The molecule has 0 rings (SSSR count). The maximum absolute atomic E-state index is 2.22. The van der Waals surface area contributed by atoms with Gasteiger partial charge in [0.25, 0.3) is 0 Å². The molecule has 86 valence electrons. The zero-order valence-electron chi connectivity index (χ0n) is 11.2. The van der Waals surface area contributed by atoms with Crippen molar-refractivity contribution in [1.29, 1.82) is 0 Å². The molecule has 0 aliphatic heterocycles. The highest BCUT2D eigenvalue weighted by Crippen LogP contribution is 2.25. The molecule has 0 unspecified atom stereocenters. The van der Waals surface area contributed by atoms with Crippen molar-refractivity contribution in [3.8, 4) is 0 Å². The largest absolute Gasteiger partial charge is 0.383 e. The Morgan fingerprint density at radius 1 is 1.13 bits per heavy atom. The second-order valence-electron chi connectivity index (χ2n) is 5.26. The van der Waals surface area contributed by atoms with Gasteiger partial charge in [0, 0.05) is 20.2 Å². The minimum atomic E-state index is 0.180. The van der Waals surface area contributed by atoms with Crippen LogP contribution in [0.2, 0.25) is 0 Å². The molecule has 15 heavy (non-hydrogen) atoms. The fraction of sp³-hybridized carbons (Fsp3) is 0.615. The molecule has 0 aliphatic rings. The van der Waals surface area contributed by atoms with E-state index in [1.54, 1.807) is 0 Å². The van der Waals surface area contributed by atoms with E-state index < -0.39 is 0 Å². The van der Waals surface area contributed by atoms with Crippen LogP contribution in [0.3, 0.4) is 0 Å². The van der Waals surface area contributed by atoms with Gasteiger partial charge in [-0.3, -0.25) is 0 Å². The summed E-state index contributed by atoms with van der Waals surface area (Å²) in [5.41, 5.74) is 1.50. The van der Waals surface area contributed by atoms with Crippen LogP contribution < -0.4 is 0 Å². The summed E-state index contributed by atoms with van der Waals surface area (Å²) in [5, 5.41) is 0. The standard InChI is InChI=1S/C13H25N2/c1-13(2,3)12(8-10-14(4)5)9-11-15(6)7/h8-11H,1-7H3/q+1. The molecule has 0 saturated carbocycles. The van der Waals surface area contributed by atoms with Gasteiger partial charge in [-0.15, -0.1) is 0 Å². The average molecular weight is 209 g/mol. The summed E-state index contributed by atoms with van der Waals surface area (Å²) in [6.45, 7) is 6.67. The lowest BCUT2D eigenvalue weighted by molar-refractivity contribution is -0.458. The summed E-state index contributed by atoms with van der Waals surface area (Å²) in [5.74, 6) is 0. The highest BCUT2D eigenvalue weighted by atomic mass is 15.0. The van der Waals surface area contributed by atoms with Crippen LogP contribution in [0.1, 0.15) is 20.8 Å². The number of hydrogen-bond donors (Lipinski definition) is 0. The highest BCUT2D eigenvalue weighted by Gasteiger charge is 2.14. The maximum atomic E-state index is 2.22. The molecule has 0 spiro atoms. The Hall–Kier alpha value is -1.05. The van der Waals surface area contributed by atoms with Gasteiger partial charge in [0.1, 0.15) is 14.1 Å². The Morgan fingerprint density at radius 2 is 1.67 bits per heavy atom. The summed E-state index contributed by atoms with van der Waals surface area (Å²) in [7, 11) is 8.14. The van der Waals surface area contributed by atoms with E-state index in [2.05, 4.69) is 54.8 Å². The first-order valence-corrected chi connectivity index (χ1v) is 5.30. The monoisotopic (exact) mass is 209 g/mol. The Morgan fingerprint density at radius 3 is 2.00 bits per heavy atom. The van der Waals surface area contributed by atoms with Crippen molar-refractivity contribution in [2.45, 2.75) is 20.8 Å². The van der Waals surface area contributed by atoms with Crippen LogP contribution in [-0.2, 0) is 0 Å². The van der Waals surface area contributed by atoms with Crippen LogP contribution in [0.5, 0.6) is 0 Å². The molecule has 0 N–H and O–H groups in total. The molecule has 0 aliphatic carbocycles. The predicted molar refractivity (Wildman–Crippen MR) is 68.5 cm³/mol. The lowest BCUT2D eigenvalue weighted by Crippen LogP contribution is -2.10. The van der Waals surface area contributed by atoms with Crippen LogP contribution >= 0.6 is 0 Å². The fourth-order valence-electron chi connectivity index (χ4n) is 1.01. The van der Waals surface area contributed by atoms with E-state index in [-0.39, 0.29) is 5.41 Å². The molecule has 2 heteroatoms. The summed E-state index contributed by atoms with van der Waals surface area (Å²) < 4.78 is 2.05. The van der Waals surface area contributed by atoms with Crippen molar-refractivity contribution in [1.82, 2.24) is 4.90 Å². The van der Waals surface area contributed by atoms with E-state index in [0.717, 1.165) is 0 Å². The molecule has 0 atom stereocenters. The number of nitrogens with zero attached hydrogens (tertiary/aromatic N) is 2. The van der Waals surface area contributed by atoms with Crippen molar-refractivity contribution >= 4 is 6.21 Å². The lowest BCUT2D eigenvalue weighted by atomic mass is 9.86. The smallest absolute Gasteiger partial charge is 0.163 e. The Kier molecular flexibility index (Phi) is 5.34. The normalized spacial score (nSPS) is 13.1. The van der Waals surface area contributed by atoms with Gasteiger partial charge in [-0.25, -0.2) is 4.58 Å². The molecule has 0 saturated heterocycles. The summed E-state index contributed by atoms with van der Waals surface area (Å²) in [6.07, 6.45) is 8.50. The van der Waals surface area contributed by atoms with Crippen molar-refractivity contribution in [2.24, 2.45) is 5.41 Å². The van der Waals surface area contributed by atoms with Gasteiger partial charge in [0.2, 0.25) is 0 Å². The summed E-state index contributed by atoms with van der Waals surface area (Å²) in [6, 6.07) is 0. The molecule has 0 radical (unpaired) electrons. The fourth-order valence-corrected chi connectivity index (χ4v) is 1.01. The van der Waals surface area contributed by atoms with Crippen LogP contribution in [0.15, 0.2) is 23.9 Å². The molecule has 0 bridgehead atoms. The number of hydrogen-bond acceptors (Lipinski definition) is 1. The zero-order chi connectivity index (χ0) is 12.1. The predicted octanol–water partition coefficient (Wildman–Crippen LogP) is 2.38. The topological polar surface area (TPSA) is 6.25 Å². The molecule has 0 aromatic carbocycles. The molecule has 2 nitrogen and oxygen atoms in total. The second-order valence-corrected chi connectivity index (χ2v) is 5.26. The van der Waals surface area contributed by atoms with Gasteiger partial charge >= 0.3 is 0 Å². The Balaban J connectivity index is 4.92. The minimum Gasteiger partial charge on any atom is -0.383 e. The van der Waals surface area contributed by atoms with E-state index in [0.29, 0.717) is 0 Å². The van der Waals surface area contributed by atoms with Gasteiger partial charge in [0.15, 0.2) is 6.21 Å². The molecular formula is C13H25N2+. The molecule has 0 amide bonds. The van der Waals surface area contributed by atoms with Gasteiger partial charge in [-0.1, -0.05) is 20.8 Å². The molecular weight excluding hydrogens is 184 g/mol. The quantitative estimate of drug-likeness (QED) is 0.393. The van der Waals surface area contributed by atoms with E-state index in [4.69, 9.17) is 0 Å². The van der Waals surface area contributed by atoms with E-state index in [9.17, 15) is 0 Å². The third kappa shape index (κ3) is 6.95. The first kappa shape index (κ1) is 13.9. The van der Waals surface area contributed by atoms with Crippen LogP contribution in [-0.4, -0.2) is 43.9 Å². The zero-order valence-corrected chi connectivity index (χ0v) is 11.2. The maximum Gasteiger partial charge on any atom is 0.163 e. The van der Waals surface area contributed by atoms with Crippen molar-refractivity contribution in [3.63, 3.8) is 0 Å². The van der Waals surface area contributed by atoms with Crippen molar-refractivity contribution in [3.05, 3.63) is 23.9 Å². The van der Waals surface area contributed by atoms with Gasteiger partial charge in [0.05, 0.1) is 0 Å². The van der Waals surface area contributed by atoms with Crippen molar-refractivity contribution in [2.75, 3.05) is 28.2 Å². The van der Waals surface area contributed by atoms with Gasteiger partial charge in [-0.2, -0.15) is 0 Å². The highest BCUT2D eigenvalue weighted by molar-refractivity contribution is 5.68. The Labute approximate surface area is 94.6 Å².